The normalized spacial score (nSPS) is 14.2. The van der Waals surface area contributed by atoms with Crippen molar-refractivity contribution in [1.29, 1.82) is 0 Å². The molecule has 0 aliphatic heterocycles. The first-order valence-corrected chi connectivity index (χ1v) is 9.24. The summed E-state index contributed by atoms with van der Waals surface area (Å²) in [6.07, 6.45) is 6.48. The Morgan fingerprint density at radius 1 is 1.04 bits per heavy atom. The molecule has 5 nitrogen and oxygen atoms in total. The van der Waals surface area contributed by atoms with E-state index in [1.54, 1.807) is 14.2 Å². The number of benzene rings is 2. The van der Waals surface area contributed by atoms with E-state index in [2.05, 4.69) is 27.8 Å². The van der Waals surface area contributed by atoms with E-state index < -0.39 is 0 Å². The quantitative estimate of drug-likeness (QED) is 0.447. The summed E-state index contributed by atoms with van der Waals surface area (Å²) < 4.78 is 11.4. The summed E-state index contributed by atoms with van der Waals surface area (Å²) in [5.74, 6) is 2.28. The number of guanidine groups is 1. The lowest BCUT2D eigenvalue weighted by Crippen LogP contribution is -2.42. The van der Waals surface area contributed by atoms with Crippen molar-refractivity contribution >= 4 is 5.96 Å². The molecule has 3 rings (SSSR count). The fourth-order valence-corrected chi connectivity index (χ4v) is 2.99. The summed E-state index contributed by atoms with van der Waals surface area (Å²) in [5.41, 5.74) is 2.23. The Hall–Kier alpha value is -2.95. The van der Waals surface area contributed by atoms with E-state index >= 15 is 0 Å². The van der Waals surface area contributed by atoms with Crippen LogP contribution in [-0.4, -0.2) is 26.2 Å². The number of hydrogen-bond donors (Lipinski definition) is 2. The highest BCUT2D eigenvalue weighted by Gasteiger charge is 2.12. The predicted molar refractivity (Wildman–Crippen MR) is 109 cm³/mol. The first kappa shape index (κ1) is 18.8. The molecule has 0 heterocycles. The maximum Gasteiger partial charge on any atom is 0.191 e. The first-order valence-electron chi connectivity index (χ1n) is 9.24. The van der Waals surface area contributed by atoms with Gasteiger partial charge >= 0.3 is 0 Å². The minimum absolute atomic E-state index is 0.430. The third-order valence-electron chi connectivity index (χ3n) is 4.50. The fraction of sp³-hybridized carbons (Fsp3) is 0.318. The molecule has 1 aliphatic carbocycles. The minimum Gasteiger partial charge on any atom is -0.493 e. The SMILES string of the molecule is CN=C(NCc1ccc(OCc2ccccc2)c(OC)c1)NC1CC=CC1. The van der Waals surface area contributed by atoms with Gasteiger partial charge in [-0.1, -0.05) is 48.6 Å². The third-order valence-corrected chi connectivity index (χ3v) is 4.50. The van der Waals surface area contributed by atoms with E-state index in [0.717, 1.165) is 41.4 Å². The van der Waals surface area contributed by atoms with Crippen LogP contribution in [0.1, 0.15) is 24.0 Å². The third kappa shape index (κ3) is 5.51. The summed E-state index contributed by atoms with van der Waals surface area (Å²) in [6.45, 7) is 1.18. The number of hydrogen-bond acceptors (Lipinski definition) is 3. The highest BCUT2D eigenvalue weighted by molar-refractivity contribution is 5.80. The zero-order chi connectivity index (χ0) is 18.9. The van der Waals surface area contributed by atoms with Gasteiger partial charge in [-0.25, -0.2) is 0 Å². The molecule has 142 valence electrons. The highest BCUT2D eigenvalue weighted by Crippen LogP contribution is 2.28. The van der Waals surface area contributed by atoms with Crippen LogP contribution >= 0.6 is 0 Å². The first-order chi connectivity index (χ1) is 13.3. The Kier molecular flexibility index (Phi) is 6.74. The molecular weight excluding hydrogens is 338 g/mol. The minimum atomic E-state index is 0.430. The molecular formula is C22H27N3O2. The van der Waals surface area contributed by atoms with E-state index in [1.165, 1.54) is 0 Å². The van der Waals surface area contributed by atoms with Gasteiger partial charge < -0.3 is 20.1 Å². The van der Waals surface area contributed by atoms with E-state index in [4.69, 9.17) is 9.47 Å². The second-order valence-electron chi connectivity index (χ2n) is 6.47. The van der Waals surface area contributed by atoms with Crippen molar-refractivity contribution < 1.29 is 9.47 Å². The maximum absolute atomic E-state index is 5.92. The van der Waals surface area contributed by atoms with Crippen LogP contribution in [0.2, 0.25) is 0 Å². The van der Waals surface area contributed by atoms with Crippen molar-refractivity contribution in [3.8, 4) is 11.5 Å². The summed E-state index contributed by atoms with van der Waals surface area (Å²) in [7, 11) is 3.45. The summed E-state index contributed by atoms with van der Waals surface area (Å²) in [6, 6.07) is 16.5. The van der Waals surface area contributed by atoms with Gasteiger partial charge in [0.1, 0.15) is 6.61 Å². The average molecular weight is 365 g/mol. The van der Waals surface area contributed by atoms with Crippen molar-refractivity contribution in [3.05, 3.63) is 71.8 Å². The Balaban J connectivity index is 1.56. The molecule has 0 spiro atoms. The summed E-state index contributed by atoms with van der Waals surface area (Å²) in [5, 5.41) is 6.79. The van der Waals surface area contributed by atoms with Crippen LogP contribution in [0.5, 0.6) is 11.5 Å². The van der Waals surface area contributed by atoms with Gasteiger partial charge in [-0.2, -0.15) is 0 Å². The second kappa shape index (κ2) is 9.67. The number of nitrogens with zero attached hydrogens (tertiary/aromatic N) is 1. The lowest BCUT2D eigenvalue weighted by molar-refractivity contribution is 0.284. The molecule has 0 amide bonds. The van der Waals surface area contributed by atoms with Crippen molar-refractivity contribution in [2.45, 2.75) is 32.0 Å². The Bertz CT molecular complexity index is 779. The molecule has 0 unspecified atom stereocenters. The molecule has 0 saturated carbocycles. The van der Waals surface area contributed by atoms with E-state index in [-0.39, 0.29) is 0 Å². The van der Waals surface area contributed by atoms with Gasteiger partial charge in [0, 0.05) is 19.6 Å². The monoisotopic (exact) mass is 365 g/mol. The summed E-state index contributed by atoms with van der Waals surface area (Å²) >= 11 is 0. The largest absolute Gasteiger partial charge is 0.493 e. The number of aliphatic imine (C=N–C) groups is 1. The number of methoxy groups -OCH3 is 1. The van der Waals surface area contributed by atoms with Crippen LogP contribution in [0, 0.1) is 0 Å². The highest BCUT2D eigenvalue weighted by atomic mass is 16.5. The zero-order valence-electron chi connectivity index (χ0n) is 15.9. The van der Waals surface area contributed by atoms with Crippen LogP contribution in [0.4, 0.5) is 0 Å². The lowest BCUT2D eigenvalue weighted by atomic mass is 10.2. The maximum atomic E-state index is 5.92. The molecule has 2 N–H and O–H groups in total. The molecule has 2 aromatic carbocycles. The Morgan fingerprint density at radius 2 is 1.81 bits per heavy atom. The molecule has 0 aromatic heterocycles. The Labute approximate surface area is 161 Å². The zero-order valence-corrected chi connectivity index (χ0v) is 15.9. The van der Waals surface area contributed by atoms with Crippen LogP contribution in [0.15, 0.2) is 65.7 Å². The van der Waals surface area contributed by atoms with Crippen LogP contribution in [0.3, 0.4) is 0 Å². The average Bonchev–Trinajstić information content (AvgIpc) is 3.23. The van der Waals surface area contributed by atoms with Gasteiger partial charge in [-0.05, 0) is 36.1 Å². The Morgan fingerprint density at radius 3 is 2.52 bits per heavy atom. The van der Waals surface area contributed by atoms with E-state index in [9.17, 15) is 0 Å². The predicted octanol–water partition coefficient (Wildman–Crippen LogP) is 3.66. The van der Waals surface area contributed by atoms with Crippen LogP contribution in [-0.2, 0) is 13.2 Å². The standard InChI is InChI=1S/C22H27N3O2/c1-23-22(25-19-10-6-7-11-19)24-15-18-12-13-20(21(14-18)26-2)27-16-17-8-4-3-5-9-17/h3-9,12-14,19H,10-11,15-16H2,1-2H3,(H2,23,24,25). The van der Waals surface area contributed by atoms with Gasteiger partial charge in [-0.3, -0.25) is 4.99 Å². The topological polar surface area (TPSA) is 54.9 Å². The summed E-state index contributed by atoms with van der Waals surface area (Å²) in [4.78, 5) is 4.30. The molecule has 0 bridgehead atoms. The molecule has 5 heteroatoms. The lowest BCUT2D eigenvalue weighted by Gasteiger charge is -2.17. The molecule has 2 aromatic rings. The second-order valence-corrected chi connectivity index (χ2v) is 6.47. The van der Waals surface area contributed by atoms with Crippen molar-refractivity contribution in [3.63, 3.8) is 0 Å². The van der Waals surface area contributed by atoms with Crippen LogP contribution in [0.25, 0.3) is 0 Å². The molecule has 1 aliphatic rings. The van der Waals surface area contributed by atoms with Crippen molar-refractivity contribution in [1.82, 2.24) is 10.6 Å². The van der Waals surface area contributed by atoms with Gasteiger partial charge in [0.2, 0.25) is 0 Å². The van der Waals surface area contributed by atoms with Gasteiger partial charge in [0.15, 0.2) is 17.5 Å². The van der Waals surface area contributed by atoms with E-state index in [0.29, 0.717) is 19.2 Å². The number of nitrogens with one attached hydrogen (secondary N) is 2. The molecule has 0 atom stereocenters. The number of rotatable bonds is 7. The van der Waals surface area contributed by atoms with E-state index in [1.807, 2.05) is 48.5 Å². The molecule has 27 heavy (non-hydrogen) atoms. The molecule has 0 saturated heterocycles. The van der Waals surface area contributed by atoms with Crippen LogP contribution < -0.4 is 20.1 Å². The van der Waals surface area contributed by atoms with Gasteiger partial charge in [0.05, 0.1) is 7.11 Å². The van der Waals surface area contributed by atoms with Gasteiger partial charge in [-0.15, -0.1) is 0 Å². The molecule has 0 fully saturated rings. The fourth-order valence-electron chi connectivity index (χ4n) is 2.99. The molecule has 0 radical (unpaired) electrons. The van der Waals surface area contributed by atoms with Crippen molar-refractivity contribution in [2.24, 2.45) is 4.99 Å². The smallest absolute Gasteiger partial charge is 0.191 e. The van der Waals surface area contributed by atoms with Crippen molar-refractivity contribution in [2.75, 3.05) is 14.2 Å². The van der Waals surface area contributed by atoms with Gasteiger partial charge in [0.25, 0.3) is 0 Å². The number of ether oxygens (including phenoxy) is 2.